The second-order valence-corrected chi connectivity index (χ2v) is 7.60. The first-order valence-corrected chi connectivity index (χ1v) is 10.7. The third-order valence-electron chi connectivity index (χ3n) is 4.04. The maximum Gasteiger partial charge on any atom is 0.0125 e. The average molecular weight is 376 g/mol. The Kier molecular flexibility index (Phi) is 25.2. The van der Waals surface area contributed by atoms with Gasteiger partial charge in [0, 0.05) is 12.1 Å². The van der Waals surface area contributed by atoms with Crippen molar-refractivity contribution < 1.29 is 0 Å². The molecule has 0 aliphatic heterocycles. The Bertz CT molecular complexity index is 427. The van der Waals surface area contributed by atoms with Crippen LogP contribution in [0.15, 0.2) is 60.4 Å². The topological polar surface area (TPSA) is 26.0 Å². The fourth-order valence-electron chi connectivity index (χ4n) is 2.35. The zero-order valence-electron chi connectivity index (χ0n) is 19.9. The first kappa shape index (κ1) is 30.2. The predicted octanol–water partition coefficient (Wildman–Crippen LogP) is 8.61. The van der Waals surface area contributed by atoms with E-state index in [2.05, 4.69) is 66.3 Å². The summed E-state index contributed by atoms with van der Waals surface area (Å²) >= 11 is 0. The summed E-state index contributed by atoms with van der Waals surface area (Å²) in [6.45, 7) is 22.8. The van der Waals surface area contributed by atoms with E-state index in [4.69, 9.17) is 5.73 Å². The lowest BCUT2D eigenvalue weighted by Gasteiger charge is -2.12. The third-order valence-corrected chi connectivity index (χ3v) is 4.04. The molecule has 27 heavy (non-hydrogen) atoms. The second-order valence-electron chi connectivity index (χ2n) is 7.60. The highest BCUT2D eigenvalue weighted by Crippen LogP contribution is 2.16. The smallest absolute Gasteiger partial charge is 0.0125 e. The van der Waals surface area contributed by atoms with Gasteiger partial charge in [-0.1, -0.05) is 90.8 Å². The lowest BCUT2D eigenvalue weighted by Crippen LogP contribution is -2.00. The molecule has 0 radical (unpaired) electrons. The molecule has 0 rings (SSSR count). The third kappa shape index (κ3) is 26.8. The molecule has 0 amide bonds. The molecule has 1 heteroatoms. The minimum atomic E-state index is 0.561. The molecule has 0 bridgehead atoms. The highest BCUT2D eigenvalue weighted by molar-refractivity contribution is 5.26. The zero-order valence-corrected chi connectivity index (χ0v) is 19.9. The van der Waals surface area contributed by atoms with Crippen LogP contribution in [0.4, 0.5) is 0 Å². The Morgan fingerprint density at radius 2 is 1.41 bits per heavy atom. The SMILES string of the molecule is C/C=C\C=C(/N)CC(=CC(C)C)/C=C\C.C=CC.CCC(C)CC(C)CC. The van der Waals surface area contributed by atoms with E-state index < -0.39 is 0 Å². The molecule has 0 spiro atoms. The molecule has 0 aliphatic rings. The van der Waals surface area contributed by atoms with Crippen LogP contribution in [0.1, 0.15) is 88.0 Å². The molecule has 0 heterocycles. The van der Waals surface area contributed by atoms with Gasteiger partial charge in [-0.25, -0.2) is 0 Å². The molecule has 0 aliphatic carbocycles. The average Bonchev–Trinajstić information content (AvgIpc) is 2.60. The van der Waals surface area contributed by atoms with Crippen molar-refractivity contribution in [2.45, 2.75) is 88.0 Å². The van der Waals surface area contributed by atoms with E-state index in [1.807, 2.05) is 39.0 Å². The second kappa shape index (κ2) is 22.5. The Hall–Kier alpha value is -1.50. The van der Waals surface area contributed by atoms with Crippen molar-refractivity contribution in [2.75, 3.05) is 0 Å². The van der Waals surface area contributed by atoms with Crippen LogP contribution in [0.3, 0.4) is 0 Å². The van der Waals surface area contributed by atoms with E-state index in [1.54, 1.807) is 6.08 Å². The van der Waals surface area contributed by atoms with Crippen LogP contribution in [0, 0.1) is 17.8 Å². The van der Waals surface area contributed by atoms with Crippen molar-refractivity contribution in [1.82, 2.24) is 0 Å². The van der Waals surface area contributed by atoms with Crippen LogP contribution in [0.2, 0.25) is 0 Å². The fraction of sp³-hybridized carbons (Fsp3) is 0.615. The molecule has 1 nitrogen and oxygen atoms in total. The van der Waals surface area contributed by atoms with Gasteiger partial charge >= 0.3 is 0 Å². The van der Waals surface area contributed by atoms with Gasteiger partial charge in [-0.3, -0.25) is 0 Å². The monoisotopic (exact) mass is 375 g/mol. The maximum atomic E-state index is 5.90. The van der Waals surface area contributed by atoms with Crippen LogP contribution >= 0.6 is 0 Å². The number of hydrogen-bond donors (Lipinski definition) is 1. The quantitative estimate of drug-likeness (QED) is 0.317. The summed E-state index contributed by atoms with van der Waals surface area (Å²) in [5.74, 6) is 2.42. The summed E-state index contributed by atoms with van der Waals surface area (Å²) in [5.41, 5.74) is 8.09. The lowest BCUT2D eigenvalue weighted by atomic mass is 9.94. The predicted molar refractivity (Wildman–Crippen MR) is 129 cm³/mol. The number of nitrogens with two attached hydrogens (primary N) is 1. The molecule has 0 saturated heterocycles. The van der Waals surface area contributed by atoms with Gasteiger partial charge in [0.1, 0.15) is 0 Å². The Labute approximate surface area is 172 Å². The molecule has 0 saturated carbocycles. The van der Waals surface area contributed by atoms with Crippen molar-refractivity contribution in [2.24, 2.45) is 23.5 Å². The highest BCUT2D eigenvalue weighted by Gasteiger charge is 2.03. The van der Waals surface area contributed by atoms with Gasteiger partial charge in [-0.05, 0) is 56.6 Å². The number of allylic oxidation sites excluding steroid dienone is 8. The van der Waals surface area contributed by atoms with E-state index in [9.17, 15) is 0 Å². The number of rotatable bonds is 9. The standard InChI is InChI=1S/C14H23N.C9H20.C3H6/c1-5-7-9-14(15)11-13(8-6-2)10-12(3)4;1-5-8(3)7-9(4)6-2;1-3-2/h5-10,12H,11,15H2,1-4H3;8-9H,5-7H2,1-4H3;3H,1H2,2H3/b7-5-,8-6-,13-10?,14-9-;;. The highest BCUT2D eigenvalue weighted by atomic mass is 14.6. The Balaban J connectivity index is -0.000000407. The van der Waals surface area contributed by atoms with Gasteiger partial charge in [0.05, 0.1) is 0 Å². The Morgan fingerprint density at radius 3 is 1.74 bits per heavy atom. The zero-order chi connectivity index (χ0) is 21.7. The van der Waals surface area contributed by atoms with Crippen LogP contribution in [0.25, 0.3) is 0 Å². The minimum absolute atomic E-state index is 0.561. The van der Waals surface area contributed by atoms with Crippen molar-refractivity contribution >= 4 is 0 Å². The van der Waals surface area contributed by atoms with Gasteiger partial charge < -0.3 is 5.73 Å². The first-order valence-electron chi connectivity index (χ1n) is 10.7. The van der Waals surface area contributed by atoms with Crippen LogP contribution in [-0.2, 0) is 0 Å². The van der Waals surface area contributed by atoms with Gasteiger partial charge in [0.15, 0.2) is 0 Å². The summed E-state index contributed by atoms with van der Waals surface area (Å²) < 4.78 is 0. The maximum absolute atomic E-state index is 5.90. The van der Waals surface area contributed by atoms with Crippen molar-refractivity contribution in [3.8, 4) is 0 Å². The van der Waals surface area contributed by atoms with Crippen molar-refractivity contribution in [3.05, 3.63) is 60.4 Å². The molecule has 0 fully saturated rings. The molecule has 2 N–H and O–H groups in total. The van der Waals surface area contributed by atoms with E-state index in [0.717, 1.165) is 24.0 Å². The Morgan fingerprint density at radius 1 is 0.926 bits per heavy atom. The lowest BCUT2D eigenvalue weighted by molar-refractivity contribution is 0.397. The first-order chi connectivity index (χ1) is 12.7. The largest absolute Gasteiger partial charge is 0.402 e. The number of hydrogen-bond acceptors (Lipinski definition) is 1. The minimum Gasteiger partial charge on any atom is -0.402 e. The van der Waals surface area contributed by atoms with E-state index >= 15 is 0 Å². The van der Waals surface area contributed by atoms with E-state index in [1.165, 1.54) is 24.8 Å². The van der Waals surface area contributed by atoms with Gasteiger partial charge in [-0.15, -0.1) is 6.58 Å². The van der Waals surface area contributed by atoms with Gasteiger partial charge in [0.2, 0.25) is 0 Å². The summed E-state index contributed by atoms with van der Waals surface area (Å²) in [7, 11) is 0. The molecule has 0 aromatic heterocycles. The van der Waals surface area contributed by atoms with Crippen molar-refractivity contribution in [3.63, 3.8) is 0 Å². The summed E-state index contributed by atoms with van der Waals surface area (Å²) in [4.78, 5) is 0. The van der Waals surface area contributed by atoms with Crippen LogP contribution < -0.4 is 5.73 Å². The van der Waals surface area contributed by atoms with Crippen LogP contribution in [0.5, 0.6) is 0 Å². The molecule has 0 aromatic rings. The molecule has 2 unspecified atom stereocenters. The summed E-state index contributed by atoms with van der Waals surface area (Å²) in [5, 5.41) is 0. The summed E-state index contributed by atoms with van der Waals surface area (Å²) in [6.07, 6.45) is 19.0. The van der Waals surface area contributed by atoms with Crippen molar-refractivity contribution in [1.29, 1.82) is 0 Å². The molecule has 2 atom stereocenters. The molecular weight excluding hydrogens is 326 g/mol. The fourth-order valence-corrected chi connectivity index (χ4v) is 2.35. The van der Waals surface area contributed by atoms with Gasteiger partial charge in [-0.2, -0.15) is 0 Å². The van der Waals surface area contributed by atoms with E-state index in [0.29, 0.717) is 5.92 Å². The molecule has 0 aromatic carbocycles. The van der Waals surface area contributed by atoms with E-state index in [-0.39, 0.29) is 0 Å². The summed E-state index contributed by atoms with van der Waals surface area (Å²) in [6, 6.07) is 0. The van der Waals surface area contributed by atoms with Gasteiger partial charge in [0.25, 0.3) is 0 Å². The normalized spacial score (nSPS) is 14.4. The molecular formula is C26H49N. The molecule has 158 valence electrons. The van der Waals surface area contributed by atoms with Crippen LogP contribution in [-0.4, -0.2) is 0 Å².